The summed E-state index contributed by atoms with van der Waals surface area (Å²) in [6.07, 6.45) is 2.82. The van der Waals surface area contributed by atoms with Crippen LogP contribution in [0.2, 0.25) is 0 Å². The van der Waals surface area contributed by atoms with Gasteiger partial charge in [-0.2, -0.15) is 0 Å². The molecule has 1 aromatic heterocycles. The fraction of sp³-hybridized carbons (Fsp3) is 0.353. The Bertz CT molecular complexity index is 581. The summed E-state index contributed by atoms with van der Waals surface area (Å²) in [6.45, 7) is 4.25. The normalized spacial score (nSPS) is 12.2. The van der Waals surface area contributed by atoms with E-state index in [-0.39, 0.29) is 6.04 Å². The van der Waals surface area contributed by atoms with Crippen LogP contribution in [0.4, 0.5) is 0 Å². The predicted molar refractivity (Wildman–Crippen MR) is 82.2 cm³/mol. The molecule has 0 amide bonds. The zero-order valence-corrected chi connectivity index (χ0v) is 12.6. The Labute approximate surface area is 121 Å². The number of nitrogens with zero attached hydrogens (tertiary/aromatic N) is 1. The maximum absolute atomic E-state index is 5.51. The van der Waals surface area contributed by atoms with Gasteiger partial charge in [0.25, 0.3) is 0 Å². The number of ether oxygens (including phenoxy) is 1. The second-order valence-electron chi connectivity index (χ2n) is 4.87. The number of pyridine rings is 1. The summed E-state index contributed by atoms with van der Waals surface area (Å²) in [7, 11) is 3.67. The van der Waals surface area contributed by atoms with Gasteiger partial charge in [0.2, 0.25) is 0 Å². The first-order chi connectivity index (χ1) is 9.71. The van der Waals surface area contributed by atoms with Crippen LogP contribution < -0.4 is 10.1 Å². The van der Waals surface area contributed by atoms with E-state index in [2.05, 4.69) is 42.3 Å². The second kappa shape index (κ2) is 6.53. The topological polar surface area (TPSA) is 34.2 Å². The number of hydrogen-bond donors (Lipinski definition) is 1. The van der Waals surface area contributed by atoms with Crippen molar-refractivity contribution in [3.8, 4) is 5.75 Å². The van der Waals surface area contributed by atoms with Crippen LogP contribution in [0.1, 0.15) is 35.3 Å². The van der Waals surface area contributed by atoms with Gasteiger partial charge in [-0.25, -0.2) is 0 Å². The maximum Gasteiger partial charge on any atom is 0.124 e. The van der Waals surface area contributed by atoms with Crippen LogP contribution in [-0.2, 0) is 6.42 Å². The summed E-state index contributed by atoms with van der Waals surface area (Å²) < 4.78 is 5.51. The molecule has 1 unspecified atom stereocenters. The number of nitrogens with one attached hydrogen (secondary N) is 1. The predicted octanol–water partition coefficient (Wildman–Crippen LogP) is 3.27. The SMILES string of the molecule is CCc1cccnc1C(NC)c1cc(C)ccc1OC. The molecular formula is C17H22N2O. The van der Waals surface area contributed by atoms with E-state index in [1.54, 1.807) is 7.11 Å². The third kappa shape index (κ3) is 2.83. The van der Waals surface area contributed by atoms with Gasteiger partial charge in [-0.15, -0.1) is 0 Å². The molecule has 20 heavy (non-hydrogen) atoms. The lowest BCUT2D eigenvalue weighted by atomic mass is 9.96. The Hall–Kier alpha value is -1.87. The lowest BCUT2D eigenvalue weighted by molar-refractivity contribution is 0.404. The summed E-state index contributed by atoms with van der Waals surface area (Å²) in [5, 5.41) is 3.37. The Morgan fingerprint density at radius 3 is 2.75 bits per heavy atom. The molecule has 0 aliphatic carbocycles. The molecular weight excluding hydrogens is 248 g/mol. The molecule has 0 bridgehead atoms. The molecule has 0 fully saturated rings. The van der Waals surface area contributed by atoms with Crippen LogP contribution in [0.3, 0.4) is 0 Å². The first-order valence-electron chi connectivity index (χ1n) is 6.96. The van der Waals surface area contributed by atoms with E-state index < -0.39 is 0 Å². The highest BCUT2D eigenvalue weighted by molar-refractivity contribution is 5.44. The van der Waals surface area contributed by atoms with E-state index in [1.807, 2.05) is 25.4 Å². The van der Waals surface area contributed by atoms with Gasteiger partial charge in [0.15, 0.2) is 0 Å². The van der Waals surface area contributed by atoms with Crippen LogP contribution in [0.5, 0.6) is 5.75 Å². The van der Waals surface area contributed by atoms with Crippen LogP contribution >= 0.6 is 0 Å². The van der Waals surface area contributed by atoms with Gasteiger partial charge >= 0.3 is 0 Å². The van der Waals surface area contributed by atoms with Crippen molar-refractivity contribution in [2.45, 2.75) is 26.3 Å². The molecule has 0 aliphatic rings. The molecule has 0 radical (unpaired) electrons. The number of hydrogen-bond acceptors (Lipinski definition) is 3. The summed E-state index contributed by atoms with van der Waals surface area (Å²) in [4.78, 5) is 4.58. The van der Waals surface area contributed by atoms with Crippen molar-refractivity contribution in [1.82, 2.24) is 10.3 Å². The van der Waals surface area contributed by atoms with E-state index in [9.17, 15) is 0 Å². The molecule has 0 spiro atoms. The van der Waals surface area contributed by atoms with Gasteiger partial charge < -0.3 is 10.1 Å². The molecule has 1 heterocycles. The fourth-order valence-corrected chi connectivity index (χ4v) is 2.53. The largest absolute Gasteiger partial charge is 0.496 e. The van der Waals surface area contributed by atoms with Crippen molar-refractivity contribution in [2.75, 3.05) is 14.2 Å². The van der Waals surface area contributed by atoms with Crippen molar-refractivity contribution in [3.05, 3.63) is 58.9 Å². The van der Waals surface area contributed by atoms with Crippen molar-refractivity contribution < 1.29 is 4.74 Å². The smallest absolute Gasteiger partial charge is 0.124 e. The molecule has 3 heteroatoms. The van der Waals surface area contributed by atoms with Crippen molar-refractivity contribution in [1.29, 1.82) is 0 Å². The molecule has 2 rings (SSSR count). The van der Waals surface area contributed by atoms with Crippen molar-refractivity contribution in [2.24, 2.45) is 0 Å². The Balaban J connectivity index is 2.55. The molecule has 2 aromatic rings. The van der Waals surface area contributed by atoms with E-state index in [1.165, 1.54) is 11.1 Å². The molecule has 0 saturated heterocycles. The van der Waals surface area contributed by atoms with E-state index in [0.29, 0.717) is 0 Å². The summed E-state index contributed by atoms with van der Waals surface area (Å²) in [5.41, 5.74) is 4.68. The monoisotopic (exact) mass is 270 g/mol. The highest BCUT2D eigenvalue weighted by Gasteiger charge is 2.20. The number of rotatable bonds is 5. The highest BCUT2D eigenvalue weighted by atomic mass is 16.5. The second-order valence-corrected chi connectivity index (χ2v) is 4.87. The zero-order chi connectivity index (χ0) is 14.5. The van der Waals surface area contributed by atoms with Gasteiger partial charge in [-0.05, 0) is 38.1 Å². The molecule has 1 N–H and O–H groups in total. The molecule has 3 nitrogen and oxygen atoms in total. The van der Waals surface area contributed by atoms with Gasteiger partial charge in [0.05, 0.1) is 18.8 Å². The van der Waals surface area contributed by atoms with Gasteiger partial charge in [0.1, 0.15) is 5.75 Å². The highest BCUT2D eigenvalue weighted by Crippen LogP contribution is 2.31. The van der Waals surface area contributed by atoms with Crippen LogP contribution in [0.15, 0.2) is 36.5 Å². The van der Waals surface area contributed by atoms with Crippen LogP contribution in [-0.4, -0.2) is 19.1 Å². The lowest BCUT2D eigenvalue weighted by Gasteiger charge is -2.21. The number of aryl methyl sites for hydroxylation is 2. The van der Waals surface area contributed by atoms with Crippen LogP contribution in [0.25, 0.3) is 0 Å². The molecule has 1 atom stereocenters. The van der Waals surface area contributed by atoms with Gasteiger partial charge in [-0.1, -0.05) is 30.7 Å². The molecule has 0 aliphatic heterocycles. The summed E-state index contributed by atoms with van der Waals surface area (Å²) >= 11 is 0. The fourth-order valence-electron chi connectivity index (χ4n) is 2.53. The lowest BCUT2D eigenvalue weighted by Crippen LogP contribution is -2.21. The standard InChI is InChI=1S/C17H22N2O/c1-5-13-7-6-10-19-16(13)17(18-3)14-11-12(2)8-9-15(14)20-4/h6-11,17-18H,5H2,1-4H3. The zero-order valence-electron chi connectivity index (χ0n) is 12.6. The summed E-state index contributed by atoms with van der Waals surface area (Å²) in [6, 6.07) is 10.4. The van der Waals surface area contributed by atoms with Crippen molar-refractivity contribution >= 4 is 0 Å². The Kier molecular flexibility index (Phi) is 4.74. The minimum Gasteiger partial charge on any atom is -0.496 e. The quantitative estimate of drug-likeness (QED) is 0.905. The maximum atomic E-state index is 5.51. The first-order valence-corrected chi connectivity index (χ1v) is 6.96. The van der Waals surface area contributed by atoms with E-state index in [4.69, 9.17) is 4.74 Å². The third-order valence-electron chi connectivity index (χ3n) is 3.57. The number of benzene rings is 1. The third-order valence-corrected chi connectivity index (χ3v) is 3.57. The molecule has 1 aromatic carbocycles. The van der Waals surface area contributed by atoms with Gasteiger partial charge in [-0.3, -0.25) is 4.98 Å². The average Bonchev–Trinajstić information content (AvgIpc) is 2.49. The molecule has 106 valence electrons. The van der Waals surface area contributed by atoms with Crippen LogP contribution in [0, 0.1) is 6.92 Å². The first kappa shape index (κ1) is 14.5. The van der Waals surface area contributed by atoms with E-state index in [0.717, 1.165) is 23.4 Å². The van der Waals surface area contributed by atoms with E-state index >= 15 is 0 Å². The minimum absolute atomic E-state index is 0.0426. The van der Waals surface area contributed by atoms with Crippen molar-refractivity contribution in [3.63, 3.8) is 0 Å². The average molecular weight is 270 g/mol. The minimum atomic E-state index is 0.0426. The summed E-state index contributed by atoms with van der Waals surface area (Å²) in [5.74, 6) is 0.891. The number of aromatic nitrogens is 1. The number of methoxy groups -OCH3 is 1. The van der Waals surface area contributed by atoms with Gasteiger partial charge in [0, 0.05) is 11.8 Å². The Morgan fingerprint density at radius 1 is 1.30 bits per heavy atom. The molecule has 0 saturated carbocycles. The Morgan fingerprint density at radius 2 is 2.10 bits per heavy atom.